The molecule has 2 aromatic rings. The van der Waals surface area contributed by atoms with Crippen molar-refractivity contribution in [3.05, 3.63) is 51.5 Å². The van der Waals surface area contributed by atoms with E-state index in [0.29, 0.717) is 34.3 Å². The second kappa shape index (κ2) is 6.83. The molecule has 4 nitrogen and oxygen atoms in total. The van der Waals surface area contributed by atoms with E-state index in [2.05, 4.69) is 21.2 Å². The van der Waals surface area contributed by atoms with E-state index >= 15 is 0 Å². The highest BCUT2D eigenvalue weighted by atomic mass is 79.9. The molecule has 2 aromatic carbocycles. The normalized spacial score (nSPS) is 10.2. The third-order valence-corrected chi connectivity index (χ3v) is 3.61. The third-order valence-electron chi connectivity index (χ3n) is 2.80. The van der Waals surface area contributed by atoms with Crippen molar-refractivity contribution < 1.29 is 9.53 Å². The maximum absolute atomic E-state index is 11.8. The van der Waals surface area contributed by atoms with E-state index < -0.39 is 5.97 Å². The molecule has 3 N–H and O–H groups in total. The number of ether oxygens (including phenoxy) is 1. The monoisotopic (exact) mass is 368 g/mol. The molecule has 0 unspecified atom stereocenters. The van der Waals surface area contributed by atoms with E-state index in [1.807, 2.05) is 12.1 Å². The van der Waals surface area contributed by atoms with Gasteiger partial charge >= 0.3 is 5.97 Å². The van der Waals surface area contributed by atoms with Gasteiger partial charge in [0.05, 0.1) is 34.3 Å². The molecule has 2 rings (SSSR count). The van der Waals surface area contributed by atoms with Gasteiger partial charge in [-0.2, -0.15) is 0 Å². The van der Waals surface area contributed by atoms with Gasteiger partial charge in [0.2, 0.25) is 0 Å². The maximum Gasteiger partial charge on any atom is 0.340 e. The molecule has 0 atom stereocenters. The molecule has 6 heteroatoms. The summed E-state index contributed by atoms with van der Waals surface area (Å²) in [6.07, 6.45) is 0. The van der Waals surface area contributed by atoms with Crippen LogP contribution in [0.2, 0.25) is 5.02 Å². The van der Waals surface area contributed by atoms with Gasteiger partial charge in [-0.05, 0) is 37.3 Å². The summed E-state index contributed by atoms with van der Waals surface area (Å²) in [5.74, 6) is -0.444. The van der Waals surface area contributed by atoms with Gasteiger partial charge < -0.3 is 15.8 Å². The fourth-order valence-corrected chi connectivity index (χ4v) is 2.52. The van der Waals surface area contributed by atoms with Crippen molar-refractivity contribution in [1.82, 2.24) is 0 Å². The van der Waals surface area contributed by atoms with E-state index in [0.717, 1.165) is 4.47 Å². The lowest BCUT2D eigenvalue weighted by Gasteiger charge is -2.13. The minimum atomic E-state index is -0.444. The Morgan fingerprint density at radius 2 is 2.10 bits per heavy atom. The van der Waals surface area contributed by atoms with Crippen molar-refractivity contribution in [2.24, 2.45) is 0 Å². The second-order valence-electron chi connectivity index (χ2n) is 4.24. The Morgan fingerprint density at radius 3 is 2.76 bits per heavy atom. The summed E-state index contributed by atoms with van der Waals surface area (Å²) in [7, 11) is 0. The molecule has 0 aliphatic carbocycles. The Morgan fingerprint density at radius 1 is 1.33 bits per heavy atom. The summed E-state index contributed by atoms with van der Waals surface area (Å²) in [6.45, 7) is 2.05. The molecule has 21 heavy (non-hydrogen) atoms. The van der Waals surface area contributed by atoms with Crippen LogP contribution in [-0.4, -0.2) is 12.6 Å². The van der Waals surface area contributed by atoms with Crippen molar-refractivity contribution in [3.63, 3.8) is 0 Å². The number of hydrogen-bond donors (Lipinski definition) is 2. The molecule has 0 aromatic heterocycles. The van der Waals surface area contributed by atoms with E-state index in [1.54, 1.807) is 31.2 Å². The van der Waals surface area contributed by atoms with E-state index in [9.17, 15) is 4.79 Å². The minimum absolute atomic E-state index is 0.300. The lowest BCUT2D eigenvalue weighted by molar-refractivity contribution is 0.0527. The van der Waals surface area contributed by atoms with Gasteiger partial charge in [0.15, 0.2) is 0 Å². The number of hydrogen-bond acceptors (Lipinski definition) is 4. The molecule has 0 saturated heterocycles. The zero-order chi connectivity index (χ0) is 15.4. The number of benzene rings is 2. The van der Waals surface area contributed by atoms with Gasteiger partial charge in [-0.25, -0.2) is 4.79 Å². The zero-order valence-corrected chi connectivity index (χ0v) is 13.7. The van der Waals surface area contributed by atoms with E-state index in [4.69, 9.17) is 22.1 Å². The Labute approximate surface area is 136 Å². The first-order valence-electron chi connectivity index (χ1n) is 6.30. The average Bonchev–Trinajstić information content (AvgIpc) is 2.44. The lowest BCUT2D eigenvalue weighted by atomic mass is 10.1. The molecular weight excluding hydrogens is 356 g/mol. The largest absolute Gasteiger partial charge is 0.462 e. The molecule has 0 spiro atoms. The van der Waals surface area contributed by atoms with Gasteiger partial charge in [0.25, 0.3) is 0 Å². The number of anilines is 3. The molecule has 110 valence electrons. The van der Waals surface area contributed by atoms with Gasteiger partial charge in [-0.15, -0.1) is 0 Å². The number of para-hydroxylation sites is 1. The number of carbonyl (C=O) groups excluding carboxylic acids is 1. The van der Waals surface area contributed by atoms with Crippen LogP contribution in [-0.2, 0) is 4.74 Å². The molecule has 0 saturated carbocycles. The number of rotatable bonds is 4. The fraction of sp³-hybridized carbons (Fsp3) is 0.133. The predicted octanol–water partition coefficient (Wildman–Crippen LogP) is 4.61. The second-order valence-corrected chi connectivity index (χ2v) is 5.56. The summed E-state index contributed by atoms with van der Waals surface area (Å²) >= 11 is 9.50. The van der Waals surface area contributed by atoms with Crippen molar-refractivity contribution >= 4 is 50.6 Å². The van der Waals surface area contributed by atoms with Gasteiger partial charge in [0, 0.05) is 4.47 Å². The molecule has 0 aliphatic rings. The van der Waals surface area contributed by atoms with E-state index in [1.165, 1.54) is 0 Å². The molecule has 0 fully saturated rings. The summed E-state index contributed by atoms with van der Waals surface area (Å²) in [5.41, 5.74) is 7.99. The number of nitrogens with one attached hydrogen (secondary N) is 1. The van der Waals surface area contributed by atoms with Crippen LogP contribution in [0.25, 0.3) is 0 Å². The van der Waals surface area contributed by atoms with Crippen LogP contribution < -0.4 is 11.1 Å². The van der Waals surface area contributed by atoms with Crippen molar-refractivity contribution in [3.8, 4) is 0 Å². The van der Waals surface area contributed by atoms with Crippen molar-refractivity contribution in [2.45, 2.75) is 6.92 Å². The van der Waals surface area contributed by atoms with Crippen LogP contribution in [0.5, 0.6) is 0 Å². The number of nitrogen functional groups attached to an aromatic ring is 1. The third kappa shape index (κ3) is 3.68. The van der Waals surface area contributed by atoms with E-state index in [-0.39, 0.29) is 0 Å². The predicted molar refractivity (Wildman–Crippen MR) is 89.2 cm³/mol. The number of halogens is 2. The van der Waals surface area contributed by atoms with Crippen LogP contribution in [0.4, 0.5) is 17.1 Å². The highest BCUT2D eigenvalue weighted by Gasteiger charge is 2.14. The summed E-state index contributed by atoms with van der Waals surface area (Å²) in [5, 5.41) is 3.67. The minimum Gasteiger partial charge on any atom is -0.462 e. The average molecular weight is 370 g/mol. The summed E-state index contributed by atoms with van der Waals surface area (Å²) in [6, 6.07) is 10.6. The summed E-state index contributed by atoms with van der Waals surface area (Å²) < 4.78 is 5.86. The Bertz CT molecular complexity index is 677. The van der Waals surface area contributed by atoms with Gasteiger partial charge in [0.1, 0.15) is 0 Å². The van der Waals surface area contributed by atoms with Crippen molar-refractivity contribution in [2.75, 3.05) is 17.7 Å². The van der Waals surface area contributed by atoms with Crippen LogP contribution in [0, 0.1) is 0 Å². The standard InChI is InChI=1S/C15H14BrClN2O2/c1-2-21-15(20)10-4-3-5-13(14(10)18)19-12-7-6-9(16)8-11(12)17/h3-8,19H,2,18H2,1H3. The molecule has 0 amide bonds. The van der Waals surface area contributed by atoms with Crippen LogP contribution in [0.1, 0.15) is 17.3 Å². The molecule has 0 aliphatic heterocycles. The first-order valence-corrected chi connectivity index (χ1v) is 7.47. The SMILES string of the molecule is CCOC(=O)c1cccc(Nc2ccc(Br)cc2Cl)c1N. The van der Waals surface area contributed by atoms with Crippen LogP contribution >= 0.6 is 27.5 Å². The molecular formula is C15H14BrClN2O2. The molecule has 0 radical (unpaired) electrons. The van der Waals surface area contributed by atoms with Crippen LogP contribution in [0.3, 0.4) is 0 Å². The topological polar surface area (TPSA) is 64.3 Å². The molecule has 0 heterocycles. The van der Waals surface area contributed by atoms with Gasteiger partial charge in [-0.1, -0.05) is 33.6 Å². The summed E-state index contributed by atoms with van der Waals surface area (Å²) in [4.78, 5) is 11.8. The smallest absolute Gasteiger partial charge is 0.340 e. The Hall–Kier alpha value is -1.72. The number of nitrogens with two attached hydrogens (primary N) is 1. The van der Waals surface area contributed by atoms with Gasteiger partial charge in [-0.3, -0.25) is 0 Å². The number of esters is 1. The zero-order valence-electron chi connectivity index (χ0n) is 11.3. The maximum atomic E-state index is 11.8. The fourth-order valence-electron chi connectivity index (χ4n) is 1.80. The Kier molecular flexibility index (Phi) is 5.09. The highest BCUT2D eigenvalue weighted by Crippen LogP contribution is 2.32. The number of carbonyl (C=O) groups is 1. The highest BCUT2D eigenvalue weighted by molar-refractivity contribution is 9.10. The Balaban J connectivity index is 2.32. The first-order chi connectivity index (χ1) is 10.0. The first kappa shape index (κ1) is 15.7. The lowest BCUT2D eigenvalue weighted by Crippen LogP contribution is -2.09. The molecule has 0 bridgehead atoms. The van der Waals surface area contributed by atoms with Crippen LogP contribution in [0.15, 0.2) is 40.9 Å². The quantitative estimate of drug-likeness (QED) is 0.610. The van der Waals surface area contributed by atoms with Crippen molar-refractivity contribution in [1.29, 1.82) is 0 Å².